The number of ether oxygens (including phenoxy) is 8. The third kappa shape index (κ3) is 20.4. The maximum atomic E-state index is 11.4. The second-order valence-electron chi connectivity index (χ2n) is 7.69. The van der Waals surface area contributed by atoms with Gasteiger partial charge in [-0.3, -0.25) is 15.0 Å². The van der Waals surface area contributed by atoms with Crippen molar-refractivity contribution in [2.45, 2.75) is 0 Å². The molecule has 16 heteroatoms. The van der Waals surface area contributed by atoms with Crippen LogP contribution in [0.4, 0.5) is 0 Å². The molecule has 0 amide bonds. The van der Waals surface area contributed by atoms with Crippen LogP contribution in [-0.2, 0) is 57.1 Å². The zero-order valence-corrected chi connectivity index (χ0v) is 23.0. The van der Waals surface area contributed by atoms with Crippen molar-refractivity contribution in [3.63, 3.8) is 0 Å². The van der Waals surface area contributed by atoms with Gasteiger partial charge in [0.25, 0.3) is 0 Å². The van der Waals surface area contributed by atoms with Gasteiger partial charge in [-0.2, -0.15) is 0 Å². The second-order valence-corrected chi connectivity index (χ2v) is 7.69. The van der Waals surface area contributed by atoms with Crippen molar-refractivity contribution < 1.29 is 57.1 Å². The van der Waals surface area contributed by atoms with Crippen molar-refractivity contribution in [1.29, 1.82) is 5.41 Å². The molecule has 1 N–H and O–H groups in total. The number of carbonyl (C=O) groups excluding carboxylic acids is 4. The predicted molar refractivity (Wildman–Crippen MR) is 142 cm³/mol. The number of hydrogen-bond donors (Lipinski definition) is 1. The Morgan fingerprint density at radius 3 is 1.05 bits per heavy atom. The molecule has 0 radical (unpaired) electrons. The molecule has 0 aliphatic heterocycles. The first kappa shape index (κ1) is 36.4. The number of esters is 4. The van der Waals surface area contributed by atoms with Crippen LogP contribution in [0, 0.1) is 10.8 Å². The van der Waals surface area contributed by atoms with E-state index in [0.29, 0.717) is 6.21 Å². The average molecular weight is 575 g/mol. The molecule has 16 nitrogen and oxygen atoms in total. The smallest absolute Gasteiger partial charge is 0.348 e. The van der Waals surface area contributed by atoms with Gasteiger partial charge in [-0.05, 0) is 0 Å². The summed E-state index contributed by atoms with van der Waals surface area (Å²) < 4.78 is 42.5. The number of hydrogen-bond acceptors (Lipinski definition) is 16. The second kappa shape index (κ2) is 24.4. The van der Waals surface area contributed by atoms with Crippen LogP contribution in [0.25, 0.3) is 0 Å². The molecule has 0 bridgehead atoms. The van der Waals surface area contributed by atoms with Gasteiger partial charge in [0.15, 0.2) is 0 Å². The lowest BCUT2D eigenvalue weighted by Gasteiger charge is -2.33. The highest BCUT2D eigenvalue weighted by Crippen LogP contribution is 2.21. The van der Waals surface area contributed by atoms with E-state index in [4.69, 9.17) is 43.3 Å². The van der Waals surface area contributed by atoms with E-state index in [0.717, 1.165) is 18.6 Å². The van der Waals surface area contributed by atoms with Crippen molar-refractivity contribution in [3.05, 3.63) is 0 Å². The molecule has 0 saturated carbocycles. The summed E-state index contributed by atoms with van der Waals surface area (Å²) in [5.74, 6) is -2.65. The van der Waals surface area contributed by atoms with Crippen molar-refractivity contribution in [1.82, 2.24) is 0 Å². The summed E-state index contributed by atoms with van der Waals surface area (Å²) in [5, 5.41) is 6.86. The van der Waals surface area contributed by atoms with Crippen molar-refractivity contribution in [2.75, 3.05) is 100 Å². The lowest BCUT2D eigenvalue weighted by molar-refractivity contribution is -0.144. The number of aliphatic imine (C=N–C) groups is 3. The first-order valence-corrected chi connectivity index (χ1v) is 12.1. The Labute approximate surface area is 232 Å². The Kier molecular flexibility index (Phi) is 22.2. The first-order valence-electron chi connectivity index (χ1n) is 12.1. The summed E-state index contributed by atoms with van der Waals surface area (Å²) in [6, 6.07) is 0. The Morgan fingerprint density at radius 2 is 0.800 bits per heavy atom. The molecule has 0 spiro atoms. The largest absolute Gasteiger partial charge is 0.459 e. The van der Waals surface area contributed by atoms with Gasteiger partial charge in [-0.25, -0.2) is 19.2 Å². The first-order chi connectivity index (χ1) is 19.3. The number of nitrogens with zero attached hydrogens (tertiary/aromatic N) is 3. The molecule has 226 valence electrons. The van der Waals surface area contributed by atoms with Gasteiger partial charge in [-0.1, -0.05) is 0 Å². The molecule has 0 fully saturated rings. The van der Waals surface area contributed by atoms with Gasteiger partial charge >= 0.3 is 23.9 Å². The molecule has 0 unspecified atom stereocenters. The Balaban J connectivity index is 5.20. The van der Waals surface area contributed by atoms with Crippen LogP contribution >= 0.6 is 0 Å². The normalized spacial score (nSPS) is 12.9. The molecule has 0 atom stereocenters. The zero-order valence-electron chi connectivity index (χ0n) is 23.0. The molecule has 0 rings (SSSR count). The minimum atomic E-state index is -0.926. The topological polar surface area (TPSA) is 203 Å². The maximum Gasteiger partial charge on any atom is 0.348 e. The fourth-order valence-corrected chi connectivity index (χ4v) is 2.68. The van der Waals surface area contributed by atoms with Crippen LogP contribution < -0.4 is 0 Å². The van der Waals surface area contributed by atoms with Crippen LogP contribution in [0.15, 0.2) is 15.0 Å². The van der Waals surface area contributed by atoms with Gasteiger partial charge in [0, 0.05) is 21.1 Å². The predicted octanol–water partition coefficient (Wildman–Crippen LogP) is -1.04. The SMILES string of the molecule is CN=CC(=O)OCCOCC(COCCOC(=O)C=N)(COCCOC(=O)C=NC)COCCOC(=O)C=NC. The summed E-state index contributed by atoms with van der Waals surface area (Å²) in [7, 11) is 4.32. The third-order valence-corrected chi connectivity index (χ3v) is 4.34. The summed E-state index contributed by atoms with van der Waals surface area (Å²) >= 11 is 0. The van der Waals surface area contributed by atoms with Crippen LogP contribution in [0.3, 0.4) is 0 Å². The summed E-state index contributed by atoms with van der Waals surface area (Å²) in [6.07, 6.45) is 3.63. The highest BCUT2D eigenvalue weighted by Gasteiger charge is 2.33. The fraction of sp³-hybridized carbons (Fsp3) is 0.667. The molecule has 40 heavy (non-hydrogen) atoms. The lowest BCUT2D eigenvalue weighted by Crippen LogP contribution is -2.43. The highest BCUT2D eigenvalue weighted by molar-refractivity contribution is 6.23. The molecule has 0 saturated heterocycles. The minimum absolute atomic E-state index is 0.0111. The van der Waals surface area contributed by atoms with E-state index in [1.165, 1.54) is 21.1 Å². The van der Waals surface area contributed by atoms with Gasteiger partial charge < -0.3 is 43.3 Å². The summed E-state index contributed by atoms with van der Waals surface area (Å²) in [4.78, 5) is 56.1. The lowest BCUT2D eigenvalue weighted by atomic mass is 9.92. The van der Waals surface area contributed by atoms with Gasteiger partial charge in [0.05, 0.1) is 58.3 Å². The third-order valence-electron chi connectivity index (χ3n) is 4.34. The van der Waals surface area contributed by atoms with Crippen LogP contribution in [0.2, 0.25) is 0 Å². The Bertz CT molecular complexity index is 764. The van der Waals surface area contributed by atoms with E-state index in [1.54, 1.807) is 0 Å². The van der Waals surface area contributed by atoms with Crippen LogP contribution in [0.1, 0.15) is 0 Å². The Morgan fingerprint density at radius 1 is 0.525 bits per heavy atom. The number of carbonyl (C=O) groups is 4. The highest BCUT2D eigenvalue weighted by atomic mass is 16.6. The maximum absolute atomic E-state index is 11.4. The van der Waals surface area contributed by atoms with E-state index in [2.05, 4.69) is 15.0 Å². The molecule has 0 aliphatic rings. The van der Waals surface area contributed by atoms with E-state index in [-0.39, 0.29) is 79.3 Å². The van der Waals surface area contributed by atoms with E-state index in [1.807, 2.05) is 0 Å². The van der Waals surface area contributed by atoms with E-state index >= 15 is 0 Å². The molecule has 0 heterocycles. The quantitative estimate of drug-likeness (QED) is 0.0636. The zero-order chi connectivity index (χ0) is 29.9. The number of rotatable bonds is 24. The Hall–Kier alpha value is -3.60. The molecule has 0 aromatic rings. The monoisotopic (exact) mass is 574 g/mol. The average Bonchev–Trinajstić information content (AvgIpc) is 2.92. The number of nitrogens with one attached hydrogen (secondary N) is 1. The van der Waals surface area contributed by atoms with Gasteiger partial charge in [0.2, 0.25) is 0 Å². The van der Waals surface area contributed by atoms with Gasteiger partial charge in [-0.15, -0.1) is 0 Å². The fourth-order valence-electron chi connectivity index (χ4n) is 2.68. The van der Waals surface area contributed by atoms with Crippen LogP contribution in [-0.4, -0.2) is 149 Å². The van der Waals surface area contributed by atoms with E-state index < -0.39 is 29.3 Å². The van der Waals surface area contributed by atoms with Crippen LogP contribution in [0.5, 0.6) is 0 Å². The summed E-state index contributed by atoms with van der Waals surface area (Å²) in [5.41, 5.74) is -0.926. The standard InChI is InChI=1S/C24H38N4O12/c1-26-13-21(30)38-9-5-34-17-24(16-33-4-8-37-20(29)12-25,18-35-6-10-39-22(31)14-27-2)19-36-7-11-40-23(32)15-28-3/h12-15,25H,4-11,16-19H2,1-3H3. The van der Waals surface area contributed by atoms with Crippen molar-refractivity contribution in [2.24, 2.45) is 20.4 Å². The minimum Gasteiger partial charge on any atom is -0.459 e. The van der Waals surface area contributed by atoms with Crippen molar-refractivity contribution in [3.8, 4) is 0 Å². The molecule has 0 aromatic carbocycles. The molecular formula is C24H38N4O12. The van der Waals surface area contributed by atoms with Crippen molar-refractivity contribution >= 4 is 48.7 Å². The molecular weight excluding hydrogens is 536 g/mol. The van der Waals surface area contributed by atoms with Gasteiger partial charge in [0.1, 0.15) is 51.3 Å². The summed E-state index contributed by atoms with van der Waals surface area (Å²) in [6.45, 7) is 0.0429. The molecule has 0 aromatic heterocycles. The molecule has 0 aliphatic carbocycles. The van der Waals surface area contributed by atoms with E-state index in [9.17, 15) is 19.2 Å².